The minimum atomic E-state index is -0.351. The lowest BCUT2D eigenvalue weighted by Crippen LogP contribution is -2.01. The van der Waals surface area contributed by atoms with E-state index in [0.29, 0.717) is 6.61 Å². The topological polar surface area (TPSA) is 48.7 Å². The smallest absolute Gasteiger partial charge is 0.330 e. The maximum Gasteiger partial charge on any atom is 0.330 e. The summed E-state index contributed by atoms with van der Waals surface area (Å²) in [6.45, 7) is 4.54. The Hall–Kier alpha value is -3.01. The molecule has 0 unspecified atom stereocenters. The van der Waals surface area contributed by atoms with Gasteiger partial charge in [0.25, 0.3) is 0 Å². The van der Waals surface area contributed by atoms with Crippen LogP contribution in [0, 0.1) is 6.92 Å². The summed E-state index contributed by atoms with van der Waals surface area (Å²) in [6.07, 6.45) is 5.06. The molecule has 0 aliphatic carbocycles. The first-order valence-corrected chi connectivity index (χ1v) is 9.14. The van der Waals surface area contributed by atoms with Gasteiger partial charge >= 0.3 is 5.97 Å². The van der Waals surface area contributed by atoms with Gasteiger partial charge in [0.05, 0.1) is 13.7 Å². The van der Waals surface area contributed by atoms with Crippen LogP contribution in [-0.4, -0.2) is 19.7 Å². The molecule has 0 N–H and O–H groups in total. The zero-order valence-electron chi connectivity index (χ0n) is 16.0. The third kappa shape index (κ3) is 4.40. The molecular formula is C23H24O4. The maximum absolute atomic E-state index is 12.0. The maximum atomic E-state index is 12.0. The molecule has 0 saturated heterocycles. The van der Waals surface area contributed by atoms with E-state index in [9.17, 15) is 4.79 Å². The Balaban J connectivity index is 2.02. The van der Waals surface area contributed by atoms with Crippen LogP contribution in [0.5, 0.6) is 5.75 Å². The molecule has 2 aromatic carbocycles. The van der Waals surface area contributed by atoms with Crippen molar-refractivity contribution in [2.45, 2.75) is 26.7 Å². The van der Waals surface area contributed by atoms with Gasteiger partial charge in [0, 0.05) is 22.6 Å². The van der Waals surface area contributed by atoms with E-state index in [-0.39, 0.29) is 5.97 Å². The highest BCUT2D eigenvalue weighted by molar-refractivity contribution is 5.98. The van der Waals surface area contributed by atoms with Crippen molar-refractivity contribution in [3.63, 3.8) is 0 Å². The van der Waals surface area contributed by atoms with Crippen molar-refractivity contribution in [2.75, 3.05) is 13.7 Å². The number of hydrogen-bond donors (Lipinski definition) is 0. The van der Waals surface area contributed by atoms with Crippen LogP contribution in [0.3, 0.4) is 0 Å². The number of esters is 1. The summed E-state index contributed by atoms with van der Waals surface area (Å²) in [7, 11) is 1.63. The van der Waals surface area contributed by atoms with Crippen LogP contribution in [0.1, 0.15) is 30.9 Å². The molecule has 0 aliphatic rings. The molecule has 3 aromatic rings. The molecular weight excluding hydrogens is 340 g/mol. The Morgan fingerprint density at radius 1 is 1.15 bits per heavy atom. The third-order valence-electron chi connectivity index (χ3n) is 4.38. The van der Waals surface area contributed by atoms with Crippen LogP contribution < -0.4 is 4.74 Å². The third-order valence-corrected chi connectivity index (χ3v) is 4.38. The Labute approximate surface area is 159 Å². The van der Waals surface area contributed by atoms with Gasteiger partial charge in [-0.2, -0.15) is 0 Å². The van der Waals surface area contributed by atoms with Crippen LogP contribution in [0.25, 0.3) is 28.4 Å². The van der Waals surface area contributed by atoms with Crippen molar-refractivity contribution in [1.82, 2.24) is 0 Å². The SMILES string of the molecule is CCCCOC(=O)/C=C/c1c(-c2ccc(C)cc2)oc2ccc(OC)cc12. The van der Waals surface area contributed by atoms with E-state index >= 15 is 0 Å². The monoisotopic (exact) mass is 364 g/mol. The summed E-state index contributed by atoms with van der Waals surface area (Å²) in [4.78, 5) is 12.0. The number of rotatable bonds is 7. The molecule has 0 atom stereocenters. The van der Waals surface area contributed by atoms with E-state index in [2.05, 4.69) is 6.92 Å². The van der Waals surface area contributed by atoms with E-state index < -0.39 is 0 Å². The Morgan fingerprint density at radius 3 is 2.63 bits per heavy atom. The zero-order valence-corrected chi connectivity index (χ0v) is 16.0. The van der Waals surface area contributed by atoms with E-state index in [1.807, 2.05) is 49.4 Å². The van der Waals surface area contributed by atoms with Gasteiger partial charge in [-0.3, -0.25) is 0 Å². The fourth-order valence-corrected chi connectivity index (χ4v) is 2.82. The van der Waals surface area contributed by atoms with Crippen molar-refractivity contribution in [2.24, 2.45) is 0 Å². The molecule has 0 saturated carbocycles. The lowest BCUT2D eigenvalue weighted by molar-refractivity contribution is -0.137. The number of carbonyl (C=O) groups excluding carboxylic acids is 1. The van der Waals surface area contributed by atoms with E-state index in [1.165, 1.54) is 11.6 Å². The molecule has 1 aromatic heterocycles. The van der Waals surface area contributed by atoms with Gasteiger partial charge in [0.2, 0.25) is 0 Å². The molecule has 0 spiro atoms. The van der Waals surface area contributed by atoms with Gasteiger partial charge in [-0.1, -0.05) is 43.2 Å². The first kappa shape index (κ1) is 18.8. The highest BCUT2D eigenvalue weighted by atomic mass is 16.5. The molecule has 1 heterocycles. The summed E-state index contributed by atoms with van der Waals surface area (Å²) >= 11 is 0. The second-order valence-electron chi connectivity index (χ2n) is 6.43. The number of benzene rings is 2. The highest BCUT2D eigenvalue weighted by Gasteiger charge is 2.15. The number of hydrogen-bond acceptors (Lipinski definition) is 4. The Morgan fingerprint density at radius 2 is 1.93 bits per heavy atom. The van der Waals surface area contributed by atoms with Gasteiger partial charge in [-0.05, 0) is 37.6 Å². The normalized spacial score (nSPS) is 11.2. The predicted octanol–water partition coefficient (Wildman–Crippen LogP) is 5.77. The summed E-state index contributed by atoms with van der Waals surface area (Å²) in [5.41, 5.74) is 3.70. The quantitative estimate of drug-likeness (QED) is 0.303. The van der Waals surface area contributed by atoms with Crippen LogP contribution in [0.4, 0.5) is 0 Å². The van der Waals surface area contributed by atoms with Crippen molar-refractivity contribution >= 4 is 23.0 Å². The van der Waals surface area contributed by atoms with Crippen molar-refractivity contribution in [3.8, 4) is 17.1 Å². The number of fused-ring (bicyclic) bond motifs is 1. The molecule has 3 rings (SSSR count). The van der Waals surface area contributed by atoms with Gasteiger partial charge in [0.1, 0.15) is 17.1 Å². The Kier molecular flexibility index (Phi) is 5.97. The first-order valence-electron chi connectivity index (χ1n) is 9.14. The molecule has 0 fully saturated rings. The van der Waals surface area contributed by atoms with Crippen molar-refractivity contribution in [1.29, 1.82) is 0 Å². The summed E-state index contributed by atoms with van der Waals surface area (Å²) < 4.78 is 16.7. The minimum Gasteiger partial charge on any atom is -0.497 e. The average Bonchev–Trinajstić information content (AvgIpc) is 3.04. The molecule has 0 aliphatic heterocycles. The summed E-state index contributed by atoms with van der Waals surface area (Å²) in [5.74, 6) is 1.10. The largest absolute Gasteiger partial charge is 0.497 e. The molecule has 0 bridgehead atoms. The fourth-order valence-electron chi connectivity index (χ4n) is 2.82. The van der Waals surface area contributed by atoms with Crippen LogP contribution in [0.15, 0.2) is 53.0 Å². The lowest BCUT2D eigenvalue weighted by Gasteiger charge is -2.02. The second kappa shape index (κ2) is 8.58. The fraction of sp³-hybridized carbons (Fsp3) is 0.261. The summed E-state index contributed by atoms with van der Waals surface area (Å²) in [5, 5.41) is 0.891. The van der Waals surface area contributed by atoms with Crippen molar-refractivity contribution in [3.05, 3.63) is 59.7 Å². The molecule has 140 valence electrons. The molecule has 4 heteroatoms. The predicted molar refractivity (Wildman–Crippen MR) is 108 cm³/mol. The van der Waals surface area contributed by atoms with Gasteiger partial charge in [-0.25, -0.2) is 4.79 Å². The van der Waals surface area contributed by atoms with E-state index in [4.69, 9.17) is 13.9 Å². The van der Waals surface area contributed by atoms with E-state index in [0.717, 1.165) is 46.4 Å². The van der Waals surface area contributed by atoms with Gasteiger partial charge < -0.3 is 13.9 Å². The molecule has 27 heavy (non-hydrogen) atoms. The number of ether oxygens (including phenoxy) is 2. The van der Waals surface area contributed by atoms with Crippen molar-refractivity contribution < 1.29 is 18.7 Å². The lowest BCUT2D eigenvalue weighted by atomic mass is 10.0. The number of methoxy groups -OCH3 is 1. The molecule has 0 amide bonds. The molecule has 4 nitrogen and oxygen atoms in total. The minimum absolute atomic E-state index is 0.351. The van der Waals surface area contributed by atoms with Crippen LogP contribution in [0.2, 0.25) is 0 Å². The van der Waals surface area contributed by atoms with Gasteiger partial charge in [-0.15, -0.1) is 0 Å². The standard InChI is InChI=1S/C23H24O4/c1-4-5-14-26-22(24)13-11-19-20-15-18(25-3)10-12-21(20)27-23(19)17-8-6-16(2)7-9-17/h6-13,15H,4-5,14H2,1-3H3/b13-11+. The van der Waals surface area contributed by atoms with Crippen LogP contribution in [-0.2, 0) is 9.53 Å². The first-order chi connectivity index (χ1) is 13.1. The van der Waals surface area contributed by atoms with Gasteiger partial charge in [0.15, 0.2) is 0 Å². The highest BCUT2D eigenvalue weighted by Crippen LogP contribution is 2.36. The van der Waals surface area contributed by atoms with Crippen LogP contribution >= 0.6 is 0 Å². The average molecular weight is 364 g/mol. The number of furan rings is 1. The number of carbonyl (C=O) groups is 1. The number of aryl methyl sites for hydroxylation is 1. The Bertz CT molecular complexity index is 948. The molecule has 0 radical (unpaired) electrons. The van der Waals surface area contributed by atoms with E-state index in [1.54, 1.807) is 13.2 Å². The second-order valence-corrected chi connectivity index (χ2v) is 6.43. The number of unbranched alkanes of at least 4 members (excludes halogenated alkanes) is 1. The zero-order chi connectivity index (χ0) is 19.2. The summed E-state index contributed by atoms with van der Waals surface area (Å²) in [6, 6.07) is 13.8.